The van der Waals surface area contributed by atoms with Crippen molar-refractivity contribution < 1.29 is 14.3 Å². The van der Waals surface area contributed by atoms with Crippen LogP contribution in [0.4, 0.5) is 0 Å². The quantitative estimate of drug-likeness (QED) is 0.296. The lowest BCUT2D eigenvalue weighted by Crippen LogP contribution is -2.20. The topological polar surface area (TPSA) is 50.8 Å². The fourth-order valence-electron chi connectivity index (χ4n) is 5.00. The Labute approximate surface area is 241 Å². The Kier molecular flexibility index (Phi) is 13.9. The Hall–Kier alpha value is -3.57. The third-order valence-corrected chi connectivity index (χ3v) is 7.20. The van der Waals surface area contributed by atoms with Gasteiger partial charge < -0.3 is 24.5 Å². The first-order valence-corrected chi connectivity index (χ1v) is 14.7. The number of aryl methyl sites for hydroxylation is 1. The van der Waals surface area contributed by atoms with E-state index >= 15 is 0 Å². The van der Waals surface area contributed by atoms with Crippen LogP contribution in [0, 0.1) is 0 Å². The molecule has 0 amide bonds. The summed E-state index contributed by atoms with van der Waals surface area (Å²) in [5.74, 6) is 1.81. The van der Waals surface area contributed by atoms with Crippen molar-refractivity contribution in [3.8, 4) is 22.6 Å². The summed E-state index contributed by atoms with van der Waals surface area (Å²) in [6.07, 6.45) is 10.7. The van der Waals surface area contributed by atoms with Gasteiger partial charge >= 0.3 is 0 Å². The summed E-state index contributed by atoms with van der Waals surface area (Å²) < 4.78 is 11.1. The lowest BCUT2D eigenvalue weighted by Gasteiger charge is -2.19. The number of likely N-dealkylation sites (N-methyl/N-ethyl adjacent to an activating group) is 1. The van der Waals surface area contributed by atoms with E-state index in [4.69, 9.17) is 14.3 Å². The van der Waals surface area contributed by atoms with Crippen LogP contribution in [0.5, 0.6) is 11.5 Å². The Morgan fingerprint density at radius 1 is 0.875 bits per heavy atom. The highest BCUT2D eigenvalue weighted by Crippen LogP contribution is 2.31. The van der Waals surface area contributed by atoms with Crippen molar-refractivity contribution in [1.29, 1.82) is 0 Å². The molecule has 214 valence electrons. The van der Waals surface area contributed by atoms with Crippen molar-refractivity contribution in [2.75, 3.05) is 39.9 Å². The highest BCUT2D eigenvalue weighted by Gasteiger charge is 2.13. The molecule has 1 saturated heterocycles. The number of carbonyl (C=O) groups is 1. The fraction of sp³-hybridized carbons (Fsp3) is 0.400. The summed E-state index contributed by atoms with van der Waals surface area (Å²) in [4.78, 5) is 10.6. The van der Waals surface area contributed by atoms with Crippen molar-refractivity contribution in [3.63, 3.8) is 0 Å². The summed E-state index contributed by atoms with van der Waals surface area (Å²) in [6, 6.07) is 25.7. The van der Waals surface area contributed by atoms with Crippen LogP contribution >= 0.6 is 0 Å². The molecule has 40 heavy (non-hydrogen) atoms. The van der Waals surface area contributed by atoms with Gasteiger partial charge in [-0.3, -0.25) is 0 Å². The van der Waals surface area contributed by atoms with E-state index in [2.05, 4.69) is 89.9 Å². The predicted molar refractivity (Wildman–Crippen MR) is 166 cm³/mol. The molecule has 0 saturated carbocycles. The molecule has 0 atom stereocenters. The number of fused-ring (bicyclic) bond motifs is 1. The van der Waals surface area contributed by atoms with Crippen LogP contribution in [0.3, 0.4) is 0 Å². The third kappa shape index (κ3) is 10.2. The molecule has 2 aliphatic rings. The third-order valence-electron chi connectivity index (χ3n) is 7.20. The number of allylic oxidation sites excluding steroid dienone is 2. The number of rotatable bonds is 10. The number of likely N-dealkylation sites (tertiary alicyclic amines) is 1. The number of benzene rings is 3. The van der Waals surface area contributed by atoms with Gasteiger partial charge in [0.2, 0.25) is 0 Å². The minimum absolute atomic E-state index is 0.668. The number of unbranched alkanes of at least 4 members (excludes halogenated alkanes) is 1. The highest BCUT2D eigenvalue weighted by atomic mass is 16.6. The van der Waals surface area contributed by atoms with Gasteiger partial charge in [-0.25, -0.2) is 0 Å². The van der Waals surface area contributed by atoms with Crippen molar-refractivity contribution in [2.24, 2.45) is 0 Å². The van der Waals surface area contributed by atoms with E-state index in [1.165, 1.54) is 73.3 Å². The Morgan fingerprint density at radius 2 is 1.52 bits per heavy atom. The summed E-state index contributed by atoms with van der Waals surface area (Å²) in [6.45, 7) is 9.36. The zero-order valence-electron chi connectivity index (χ0n) is 24.4. The van der Waals surface area contributed by atoms with Gasteiger partial charge in [-0.2, -0.15) is 0 Å². The zero-order chi connectivity index (χ0) is 28.4. The molecule has 0 aliphatic carbocycles. The van der Waals surface area contributed by atoms with Gasteiger partial charge in [0.15, 0.2) is 11.5 Å². The Bertz CT molecular complexity index is 1140. The Morgan fingerprint density at radius 3 is 2.20 bits per heavy atom. The van der Waals surface area contributed by atoms with E-state index < -0.39 is 0 Å². The van der Waals surface area contributed by atoms with Crippen LogP contribution in [0.1, 0.15) is 50.2 Å². The normalized spacial score (nSPS) is 14.4. The second-order valence-electron chi connectivity index (χ2n) is 10.1. The molecule has 0 aromatic heterocycles. The minimum Gasteiger partial charge on any atom is -0.486 e. The summed E-state index contributed by atoms with van der Waals surface area (Å²) in [5, 5.41) is 3.29. The molecule has 5 nitrogen and oxygen atoms in total. The van der Waals surface area contributed by atoms with Gasteiger partial charge in [-0.05, 0) is 86.1 Å². The summed E-state index contributed by atoms with van der Waals surface area (Å²) in [5.41, 5.74) is 6.56. The van der Waals surface area contributed by atoms with Crippen LogP contribution < -0.4 is 14.8 Å². The Balaban J connectivity index is 0.000000208. The maximum atomic E-state index is 8.00. The van der Waals surface area contributed by atoms with Crippen LogP contribution in [-0.2, 0) is 17.6 Å². The number of nitrogens with one attached hydrogen (secondary N) is 1. The summed E-state index contributed by atoms with van der Waals surface area (Å²) >= 11 is 0. The standard InChI is InChI=1S/C19H23N.C15H21NO2.CH2O/c1-3-4-10-19(20-2)15-16-11-13-18(14-12-16)17-8-6-5-7-9-17;1-2-8-16(7-1)9-3-4-13-5-6-14-15(12-13)18-11-10-17-14;1-2/h5-14,20H,3-4,15H2,1-2H3;5-6,12H,1-4,7-11H2;1H2/b19-10-;;. The molecule has 3 aromatic rings. The second kappa shape index (κ2) is 17.9. The second-order valence-corrected chi connectivity index (χ2v) is 10.1. The summed E-state index contributed by atoms with van der Waals surface area (Å²) in [7, 11) is 2.00. The number of hydrogen-bond acceptors (Lipinski definition) is 5. The van der Waals surface area contributed by atoms with Crippen LogP contribution in [0.15, 0.2) is 84.6 Å². The van der Waals surface area contributed by atoms with Crippen LogP contribution in [0.25, 0.3) is 11.1 Å². The molecule has 1 fully saturated rings. The molecule has 2 aliphatic heterocycles. The van der Waals surface area contributed by atoms with E-state index in [9.17, 15) is 0 Å². The van der Waals surface area contributed by atoms with Gasteiger partial charge in [0.1, 0.15) is 20.0 Å². The molecule has 1 N–H and O–H groups in total. The van der Waals surface area contributed by atoms with Crippen LogP contribution in [-0.4, -0.2) is 51.6 Å². The smallest absolute Gasteiger partial charge is 0.161 e. The van der Waals surface area contributed by atoms with Crippen molar-refractivity contribution in [1.82, 2.24) is 10.2 Å². The number of ether oxygens (including phenoxy) is 2. The number of carbonyl (C=O) groups excluding carboxylic acids is 1. The first-order chi connectivity index (χ1) is 19.7. The van der Waals surface area contributed by atoms with E-state index in [0.29, 0.717) is 13.2 Å². The van der Waals surface area contributed by atoms with E-state index in [-0.39, 0.29) is 0 Å². The molecule has 2 heterocycles. The molecule has 0 bridgehead atoms. The molecule has 5 heteroatoms. The molecule has 5 rings (SSSR count). The lowest BCUT2D eigenvalue weighted by molar-refractivity contribution is -0.0980. The van der Waals surface area contributed by atoms with Crippen molar-refractivity contribution in [3.05, 3.63) is 95.7 Å². The van der Waals surface area contributed by atoms with Gasteiger partial charge in [-0.1, -0.05) is 80.1 Å². The first-order valence-electron chi connectivity index (χ1n) is 14.7. The average Bonchev–Trinajstić information content (AvgIpc) is 3.55. The molecule has 0 spiro atoms. The van der Waals surface area contributed by atoms with Gasteiger partial charge in [0.05, 0.1) is 0 Å². The molecular formula is C35H46N2O3. The molecule has 0 unspecified atom stereocenters. The molecule has 3 aromatic carbocycles. The van der Waals surface area contributed by atoms with E-state index in [1.807, 2.05) is 19.9 Å². The monoisotopic (exact) mass is 542 g/mol. The first kappa shape index (κ1) is 31.0. The highest BCUT2D eigenvalue weighted by molar-refractivity contribution is 5.63. The SMILES string of the molecule is C=O.CCC/C=C(/Cc1ccc(-c2ccccc2)cc1)NC.c1cc2c(cc1CCCN1CCCC1)OCCO2. The fourth-order valence-corrected chi connectivity index (χ4v) is 5.00. The largest absolute Gasteiger partial charge is 0.486 e. The molecular weight excluding hydrogens is 496 g/mol. The number of nitrogens with zero attached hydrogens (tertiary/aromatic N) is 1. The van der Waals surface area contributed by atoms with E-state index in [0.717, 1.165) is 30.8 Å². The van der Waals surface area contributed by atoms with Gasteiger partial charge in [0, 0.05) is 19.2 Å². The maximum Gasteiger partial charge on any atom is 0.161 e. The van der Waals surface area contributed by atoms with E-state index in [1.54, 1.807) is 0 Å². The average molecular weight is 543 g/mol. The zero-order valence-corrected chi connectivity index (χ0v) is 24.4. The maximum absolute atomic E-state index is 8.00. The van der Waals surface area contributed by atoms with Crippen molar-refractivity contribution >= 4 is 6.79 Å². The van der Waals surface area contributed by atoms with Gasteiger partial charge in [0.25, 0.3) is 0 Å². The molecule has 0 radical (unpaired) electrons. The van der Waals surface area contributed by atoms with Gasteiger partial charge in [-0.15, -0.1) is 0 Å². The van der Waals surface area contributed by atoms with Crippen molar-refractivity contribution in [2.45, 2.75) is 51.9 Å². The van der Waals surface area contributed by atoms with Crippen LogP contribution in [0.2, 0.25) is 0 Å². The predicted octanol–water partition coefficient (Wildman–Crippen LogP) is 7.10. The lowest BCUT2D eigenvalue weighted by atomic mass is 10.0. The number of hydrogen-bond donors (Lipinski definition) is 1. The minimum atomic E-state index is 0.668.